The van der Waals surface area contributed by atoms with Crippen LogP contribution in [0.4, 0.5) is 0 Å². The third-order valence-electron chi connectivity index (χ3n) is 3.32. The lowest BCUT2D eigenvalue weighted by molar-refractivity contribution is 0.335. The van der Waals surface area contributed by atoms with Crippen LogP contribution in [0.1, 0.15) is 11.4 Å². The topological polar surface area (TPSA) is 68.1 Å². The van der Waals surface area contributed by atoms with Crippen LogP contribution in [0, 0.1) is 6.92 Å². The molecule has 0 saturated carbocycles. The molecule has 7 heteroatoms. The summed E-state index contributed by atoms with van der Waals surface area (Å²) in [6, 6.07) is 7.02. The highest BCUT2D eigenvalue weighted by atomic mass is 32.2. The molecule has 0 amide bonds. The Bertz CT molecular complexity index is 708. The van der Waals surface area contributed by atoms with Gasteiger partial charge in [0.2, 0.25) is 10.0 Å². The standard InChI is InChI=1S/C12H14N4O2S/c1-10-4-2-3-5-11(10)19(17,18)16-7-6-15-9-13-14-12(15)8-16/h2-5,9H,6-8H2,1H3. The molecule has 19 heavy (non-hydrogen) atoms. The van der Waals surface area contributed by atoms with E-state index in [4.69, 9.17) is 0 Å². The minimum atomic E-state index is -3.46. The summed E-state index contributed by atoms with van der Waals surface area (Å²) in [5.41, 5.74) is 0.759. The lowest BCUT2D eigenvalue weighted by Gasteiger charge is -2.26. The molecule has 1 aliphatic rings. The molecule has 6 nitrogen and oxygen atoms in total. The lowest BCUT2D eigenvalue weighted by Crippen LogP contribution is -2.38. The Kier molecular flexibility index (Phi) is 2.87. The van der Waals surface area contributed by atoms with Gasteiger partial charge in [0.1, 0.15) is 12.2 Å². The van der Waals surface area contributed by atoms with Crippen molar-refractivity contribution in [3.63, 3.8) is 0 Å². The number of aromatic nitrogens is 3. The average Bonchev–Trinajstić information content (AvgIpc) is 2.86. The summed E-state index contributed by atoms with van der Waals surface area (Å²) in [5.74, 6) is 0.684. The molecule has 0 atom stereocenters. The number of hydrogen-bond donors (Lipinski definition) is 0. The highest BCUT2D eigenvalue weighted by Crippen LogP contribution is 2.22. The van der Waals surface area contributed by atoms with E-state index in [1.54, 1.807) is 31.5 Å². The summed E-state index contributed by atoms with van der Waals surface area (Å²) >= 11 is 0. The van der Waals surface area contributed by atoms with Crippen LogP contribution in [0.2, 0.25) is 0 Å². The normalized spacial score (nSPS) is 16.3. The molecule has 2 aromatic rings. The molecule has 0 fully saturated rings. The molecule has 1 aromatic carbocycles. The molecule has 0 bridgehead atoms. The van der Waals surface area contributed by atoms with Gasteiger partial charge >= 0.3 is 0 Å². The average molecular weight is 278 g/mol. The van der Waals surface area contributed by atoms with Gasteiger partial charge in [0.05, 0.1) is 11.4 Å². The molecule has 2 heterocycles. The van der Waals surface area contributed by atoms with E-state index in [0.717, 1.165) is 5.56 Å². The van der Waals surface area contributed by atoms with Crippen molar-refractivity contribution in [3.05, 3.63) is 42.0 Å². The van der Waals surface area contributed by atoms with Crippen LogP contribution in [0.5, 0.6) is 0 Å². The van der Waals surface area contributed by atoms with Gasteiger partial charge in [0.15, 0.2) is 0 Å². The number of aryl methyl sites for hydroxylation is 1. The number of sulfonamides is 1. The number of nitrogens with zero attached hydrogens (tertiary/aromatic N) is 4. The van der Waals surface area contributed by atoms with Gasteiger partial charge < -0.3 is 4.57 Å². The first-order valence-corrected chi connectivity index (χ1v) is 7.45. The van der Waals surface area contributed by atoms with Crippen molar-refractivity contribution in [2.45, 2.75) is 24.9 Å². The fourth-order valence-corrected chi connectivity index (χ4v) is 3.85. The largest absolute Gasteiger partial charge is 0.315 e. The fourth-order valence-electron chi connectivity index (χ4n) is 2.23. The summed E-state index contributed by atoms with van der Waals surface area (Å²) in [4.78, 5) is 0.364. The Balaban J connectivity index is 1.97. The van der Waals surface area contributed by atoms with Crippen molar-refractivity contribution in [2.75, 3.05) is 6.54 Å². The maximum absolute atomic E-state index is 12.6. The van der Waals surface area contributed by atoms with Crippen molar-refractivity contribution in [1.29, 1.82) is 0 Å². The van der Waals surface area contributed by atoms with Gasteiger partial charge in [0, 0.05) is 13.1 Å². The molecule has 0 spiro atoms. The summed E-state index contributed by atoms with van der Waals surface area (Å²) in [6.07, 6.45) is 1.63. The Labute approximate surface area is 111 Å². The van der Waals surface area contributed by atoms with E-state index in [9.17, 15) is 8.42 Å². The van der Waals surface area contributed by atoms with Gasteiger partial charge in [-0.15, -0.1) is 10.2 Å². The Morgan fingerprint density at radius 2 is 2.00 bits per heavy atom. The molecule has 1 aliphatic heterocycles. The number of benzene rings is 1. The van der Waals surface area contributed by atoms with Gasteiger partial charge in [-0.1, -0.05) is 18.2 Å². The summed E-state index contributed by atoms with van der Waals surface area (Å²) < 4.78 is 28.6. The van der Waals surface area contributed by atoms with Crippen LogP contribution >= 0.6 is 0 Å². The summed E-state index contributed by atoms with van der Waals surface area (Å²) in [5, 5.41) is 7.75. The number of rotatable bonds is 2. The molecule has 0 aliphatic carbocycles. The SMILES string of the molecule is Cc1ccccc1S(=O)(=O)N1CCn2cnnc2C1. The predicted molar refractivity (Wildman–Crippen MR) is 68.8 cm³/mol. The van der Waals surface area contributed by atoms with Crippen LogP contribution < -0.4 is 0 Å². The Hall–Kier alpha value is -1.73. The maximum Gasteiger partial charge on any atom is 0.243 e. The van der Waals surface area contributed by atoms with Crippen LogP contribution in [0.15, 0.2) is 35.5 Å². The summed E-state index contributed by atoms with van der Waals surface area (Å²) in [7, 11) is -3.46. The zero-order chi connectivity index (χ0) is 13.5. The van der Waals surface area contributed by atoms with Gasteiger partial charge in [0.25, 0.3) is 0 Å². The quantitative estimate of drug-likeness (QED) is 0.814. The molecule has 3 rings (SSSR count). The van der Waals surface area contributed by atoms with Crippen molar-refractivity contribution in [1.82, 2.24) is 19.1 Å². The second-order valence-electron chi connectivity index (χ2n) is 4.54. The van der Waals surface area contributed by atoms with E-state index < -0.39 is 10.0 Å². The molecule has 100 valence electrons. The second kappa shape index (κ2) is 4.43. The van der Waals surface area contributed by atoms with Gasteiger partial charge in [-0.25, -0.2) is 8.42 Å². The van der Waals surface area contributed by atoms with E-state index in [2.05, 4.69) is 10.2 Å². The molecular formula is C12H14N4O2S. The van der Waals surface area contributed by atoms with Crippen LogP contribution in [0.3, 0.4) is 0 Å². The fraction of sp³-hybridized carbons (Fsp3) is 0.333. The minimum Gasteiger partial charge on any atom is -0.315 e. The zero-order valence-corrected chi connectivity index (χ0v) is 11.3. The summed E-state index contributed by atoms with van der Waals surface area (Å²) in [6.45, 7) is 3.12. The first-order valence-electron chi connectivity index (χ1n) is 6.01. The highest BCUT2D eigenvalue weighted by Gasteiger charge is 2.29. The molecular weight excluding hydrogens is 264 g/mol. The van der Waals surface area contributed by atoms with Gasteiger partial charge in [-0.3, -0.25) is 0 Å². The van der Waals surface area contributed by atoms with E-state index >= 15 is 0 Å². The first-order chi connectivity index (χ1) is 9.09. The second-order valence-corrected chi connectivity index (χ2v) is 6.45. The monoisotopic (exact) mass is 278 g/mol. The van der Waals surface area contributed by atoms with E-state index in [-0.39, 0.29) is 6.54 Å². The van der Waals surface area contributed by atoms with Crippen molar-refractivity contribution in [3.8, 4) is 0 Å². The smallest absolute Gasteiger partial charge is 0.243 e. The van der Waals surface area contributed by atoms with Gasteiger partial charge in [-0.2, -0.15) is 4.31 Å². The van der Waals surface area contributed by atoms with Crippen LogP contribution in [-0.4, -0.2) is 34.0 Å². The molecule has 0 radical (unpaired) electrons. The zero-order valence-electron chi connectivity index (χ0n) is 10.5. The molecule has 0 saturated heterocycles. The third kappa shape index (κ3) is 2.04. The molecule has 1 aromatic heterocycles. The van der Waals surface area contributed by atoms with Crippen molar-refractivity contribution >= 4 is 10.0 Å². The highest BCUT2D eigenvalue weighted by molar-refractivity contribution is 7.89. The number of fused-ring (bicyclic) bond motifs is 1. The van der Waals surface area contributed by atoms with E-state index in [1.807, 2.05) is 10.6 Å². The molecule has 0 N–H and O–H groups in total. The number of hydrogen-bond acceptors (Lipinski definition) is 4. The lowest BCUT2D eigenvalue weighted by atomic mass is 10.2. The Morgan fingerprint density at radius 3 is 2.79 bits per heavy atom. The van der Waals surface area contributed by atoms with E-state index in [1.165, 1.54) is 4.31 Å². The van der Waals surface area contributed by atoms with E-state index in [0.29, 0.717) is 23.8 Å². The van der Waals surface area contributed by atoms with Crippen LogP contribution in [0.25, 0.3) is 0 Å². The van der Waals surface area contributed by atoms with Crippen LogP contribution in [-0.2, 0) is 23.1 Å². The van der Waals surface area contributed by atoms with Gasteiger partial charge in [-0.05, 0) is 18.6 Å². The molecule has 0 unspecified atom stereocenters. The maximum atomic E-state index is 12.6. The predicted octanol–water partition coefficient (Wildman–Crippen LogP) is 0.791. The van der Waals surface area contributed by atoms with Crippen molar-refractivity contribution in [2.24, 2.45) is 0 Å². The third-order valence-corrected chi connectivity index (χ3v) is 5.32. The van der Waals surface area contributed by atoms with Crippen molar-refractivity contribution < 1.29 is 8.42 Å². The minimum absolute atomic E-state index is 0.274. The Morgan fingerprint density at radius 1 is 1.21 bits per heavy atom. The first kappa shape index (κ1) is 12.3.